The molecule has 3 rings (SSSR count). The summed E-state index contributed by atoms with van der Waals surface area (Å²) in [7, 11) is 0. The van der Waals surface area contributed by atoms with Gasteiger partial charge >= 0.3 is 5.97 Å². The predicted molar refractivity (Wildman–Crippen MR) is 98.2 cm³/mol. The first kappa shape index (κ1) is 17.5. The Morgan fingerprint density at radius 2 is 1.84 bits per heavy atom. The van der Waals surface area contributed by atoms with Crippen molar-refractivity contribution in [3.63, 3.8) is 0 Å². The second-order valence-electron chi connectivity index (χ2n) is 6.95. The van der Waals surface area contributed by atoms with Crippen LogP contribution in [0.3, 0.4) is 0 Å². The number of rotatable bonds is 5. The number of carbonyl (C=O) groups excluding carboxylic acids is 2. The molecule has 1 N–H and O–H groups in total. The molecule has 1 amide bonds. The molecule has 2 aromatic carbocycles. The fourth-order valence-corrected chi connectivity index (χ4v) is 3.49. The van der Waals surface area contributed by atoms with Crippen LogP contribution in [0.5, 0.6) is 0 Å². The number of amides is 1. The molecule has 2 aromatic rings. The minimum atomic E-state index is -0.373. The number of hydrogen-bond donors (Lipinski definition) is 1. The average molecular weight is 339 g/mol. The maximum atomic E-state index is 12.0. The van der Waals surface area contributed by atoms with Gasteiger partial charge < -0.3 is 10.1 Å². The van der Waals surface area contributed by atoms with Gasteiger partial charge in [0.05, 0.1) is 6.42 Å². The molecule has 132 valence electrons. The van der Waals surface area contributed by atoms with Crippen molar-refractivity contribution < 1.29 is 14.3 Å². The number of esters is 1. The predicted octanol–water partition coefficient (Wildman–Crippen LogP) is 3.62. The Morgan fingerprint density at radius 1 is 1.08 bits per heavy atom. The SMILES string of the molecule is C[C@@H]1CCCC[C@H]1NC(=O)COC(=O)Cc1ccc2ccccc2c1. The Bertz CT molecular complexity index is 756. The van der Waals surface area contributed by atoms with Gasteiger partial charge in [-0.05, 0) is 35.1 Å². The van der Waals surface area contributed by atoms with Gasteiger partial charge in [0.25, 0.3) is 5.91 Å². The summed E-state index contributed by atoms with van der Waals surface area (Å²) in [6.45, 7) is 1.96. The van der Waals surface area contributed by atoms with Gasteiger partial charge in [0.1, 0.15) is 0 Å². The lowest BCUT2D eigenvalue weighted by Crippen LogP contribution is -2.42. The lowest BCUT2D eigenvalue weighted by atomic mass is 9.86. The third-order valence-electron chi connectivity index (χ3n) is 4.98. The topological polar surface area (TPSA) is 55.4 Å². The third kappa shape index (κ3) is 4.81. The van der Waals surface area contributed by atoms with Crippen molar-refractivity contribution in [2.45, 2.75) is 45.1 Å². The molecule has 0 unspecified atom stereocenters. The molecule has 25 heavy (non-hydrogen) atoms. The highest BCUT2D eigenvalue weighted by Gasteiger charge is 2.23. The molecular weight excluding hydrogens is 314 g/mol. The Morgan fingerprint density at radius 3 is 2.64 bits per heavy atom. The summed E-state index contributed by atoms with van der Waals surface area (Å²) in [4.78, 5) is 24.0. The fraction of sp³-hybridized carbons (Fsp3) is 0.429. The normalized spacial score (nSPS) is 20.2. The quantitative estimate of drug-likeness (QED) is 0.847. The molecular formula is C21H25NO3. The Hall–Kier alpha value is -2.36. The highest BCUT2D eigenvalue weighted by molar-refractivity contribution is 5.85. The summed E-state index contributed by atoms with van der Waals surface area (Å²) in [6, 6.07) is 14.1. The van der Waals surface area contributed by atoms with Crippen molar-refractivity contribution in [1.29, 1.82) is 0 Å². The van der Waals surface area contributed by atoms with Crippen LogP contribution in [0.2, 0.25) is 0 Å². The Kier molecular flexibility index (Phi) is 5.69. The van der Waals surface area contributed by atoms with E-state index < -0.39 is 0 Å². The number of hydrogen-bond acceptors (Lipinski definition) is 3. The smallest absolute Gasteiger partial charge is 0.310 e. The van der Waals surface area contributed by atoms with E-state index in [1.54, 1.807) is 0 Å². The van der Waals surface area contributed by atoms with Crippen LogP contribution in [0, 0.1) is 5.92 Å². The zero-order valence-electron chi connectivity index (χ0n) is 14.7. The lowest BCUT2D eigenvalue weighted by Gasteiger charge is -2.29. The van der Waals surface area contributed by atoms with Gasteiger partial charge in [0.15, 0.2) is 6.61 Å². The van der Waals surface area contributed by atoms with Crippen LogP contribution in [0.4, 0.5) is 0 Å². The van der Waals surface area contributed by atoms with Crippen LogP contribution in [-0.4, -0.2) is 24.5 Å². The monoisotopic (exact) mass is 339 g/mol. The van der Waals surface area contributed by atoms with Gasteiger partial charge in [-0.15, -0.1) is 0 Å². The van der Waals surface area contributed by atoms with Crippen molar-refractivity contribution in [2.24, 2.45) is 5.92 Å². The summed E-state index contributed by atoms with van der Waals surface area (Å²) in [5.41, 5.74) is 0.894. The molecule has 1 fully saturated rings. The summed E-state index contributed by atoms with van der Waals surface area (Å²) < 4.78 is 5.15. The highest BCUT2D eigenvalue weighted by Crippen LogP contribution is 2.23. The molecule has 4 heteroatoms. The van der Waals surface area contributed by atoms with E-state index in [1.807, 2.05) is 42.5 Å². The van der Waals surface area contributed by atoms with Gasteiger partial charge in [-0.1, -0.05) is 62.2 Å². The zero-order chi connectivity index (χ0) is 17.6. The van der Waals surface area contributed by atoms with E-state index in [0.717, 1.165) is 35.6 Å². The summed E-state index contributed by atoms with van der Waals surface area (Å²) >= 11 is 0. The van der Waals surface area contributed by atoms with Crippen LogP contribution >= 0.6 is 0 Å². The van der Waals surface area contributed by atoms with Crippen LogP contribution in [0.1, 0.15) is 38.2 Å². The number of nitrogens with one attached hydrogen (secondary N) is 1. The molecule has 0 spiro atoms. The first-order valence-corrected chi connectivity index (χ1v) is 9.04. The maximum Gasteiger partial charge on any atom is 0.310 e. The van der Waals surface area contributed by atoms with Crippen molar-refractivity contribution in [1.82, 2.24) is 5.32 Å². The highest BCUT2D eigenvalue weighted by atomic mass is 16.5. The van der Waals surface area contributed by atoms with E-state index in [4.69, 9.17) is 4.74 Å². The molecule has 0 aromatic heterocycles. The molecule has 1 aliphatic rings. The van der Waals surface area contributed by atoms with E-state index in [-0.39, 0.29) is 30.9 Å². The summed E-state index contributed by atoms with van der Waals surface area (Å²) in [5, 5.41) is 5.23. The molecule has 4 nitrogen and oxygen atoms in total. The van der Waals surface area contributed by atoms with Gasteiger partial charge in [-0.2, -0.15) is 0 Å². The van der Waals surface area contributed by atoms with Gasteiger partial charge in [0, 0.05) is 6.04 Å². The molecule has 1 saturated carbocycles. The average Bonchev–Trinajstić information content (AvgIpc) is 2.62. The number of carbonyl (C=O) groups is 2. The minimum Gasteiger partial charge on any atom is -0.455 e. The standard InChI is InChI=1S/C21H25NO3/c1-15-6-2-5-9-19(15)22-20(23)14-25-21(24)13-16-10-11-17-7-3-4-8-18(17)12-16/h3-4,7-8,10-12,15,19H,2,5-6,9,13-14H2,1H3,(H,22,23)/t15-,19-/m1/s1. The van der Waals surface area contributed by atoms with Crippen LogP contribution in [0.15, 0.2) is 42.5 Å². The first-order valence-electron chi connectivity index (χ1n) is 9.04. The van der Waals surface area contributed by atoms with Crippen molar-refractivity contribution >= 4 is 22.6 Å². The first-order chi connectivity index (χ1) is 12.1. The van der Waals surface area contributed by atoms with Crippen molar-refractivity contribution in [2.75, 3.05) is 6.61 Å². The fourth-order valence-electron chi connectivity index (χ4n) is 3.49. The van der Waals surface area contributed by atoms with Crippen molar-refractivity contribution in [3.05, 3.63) is 48.0 Å². The number of ether oxygens (including phenoxy) is 1. The third-order valence-corrected chi connectivity index (χ3v) is 4.98. The van der Waals surface area contributed by atoms with E-state index in [0.29, 0.717) is 5.92 Å². The minimum absolute atomic E-state index is 0.179. The molecule has 0 heterocycles. The summed E-state index contributed by atoms with van der Waals surface area (Å²) in [5.74, 6) is -0.0845. The molecule has 2 atom stereocenters. The van der Waals surface area contributed by atoms with E-state index in [2.05, 4.69) is 12.2 Å². The molecule has 0 bridgehead atoms. The largest absolute Gasteiger partial charge is 0.455 e. The van der Waals surface area contributed by atoms with Crippen LogP contribution in [0.25, 0.3) is 10.8 Å². The zero-order valence-corrected chi connectivity index (χ0v) is 14.7. The maximum absolute atomic E-state index is 12.0. The van der Waals surface area contributed by atoms with Crippen LogP contribution < -0.4 is 5.32 Å². The lowest BCUT2D eigenvalue weighted by molar-refractivity contribution is -0.148. The van der Waals surface area contributed by atoms with Gasteiger partial charge in [-0.3, -0.25) is 9.59 Å². The molecule has 0 radical (unpaired) electrons. The van der Waals surface area contributed by atoms with Gasteiger partial charge in [0.2, 0.25) is 0 Å². The Balaban J connectivity index is 1.47. The van der Waals surface area contributed by atoms with Crippen molar-refractivity contribution in [3.8, 4) is 0 Å². The van der Waals surface area contributed by atoms with E-state index in [1.165, 1.54) is 6.42 Å². The second kappa shape index (κ2) is 8.15. The molecule has 0 aliphatic heterocycles. The Labute approximate surface area is 148 Å². The van der Waals surface area contributed by atoms with E-state index >= 15 is 0 Å². The van der Waals surface area contributed by atoms with Gasteiger partial charge in [-0.25, -0.2) is 0 Å². The number of fused-ring (bicyclic) bond motifs is 1. The molecule has 1 aliphatic carbocycles. The molecule has 0 saturated heterocycles. The summed E-state index contributed by atoms with van der Waals surface area (Å²) in [6.07, 6.45) is 4.72. The second-order valence-corrected chi connectivity index (χ2v) is 6.95. The van der Waals surface area contributed by atoms with Crippen LogP contribution in [-0.2, 0) is 20.7 Å². The van der Waals surface area contributed by atoms with E-state index in [9.17, 15) is 9.59 Å². The number of benzene rings is 2.